The summed E-state index contributed by atoms with van der Waals surface area (Å²) in [6.45, 7) is 0.264. The summed E-state index contributed by atoms with van der Waals surface area (Å²) in [6, 6.07) is 10.3. The third-order valence-electron chi connectivity index (χ3n) is 3.83. The second kappa shape index (κ2) is 6.10. The fourth-order valence-corrected chi connectivity index (χ4v) is 3.40. The topological polar surface area (TPSA) is 107 Å². The van der Waals surface area contributed by atoms with Gasteiger partial charge in [0.2, 0.25) is 11.0 Å². The largest absolute Gasteiger partial charge is 0.461 e. The van der Waals surface area contributed by atoms with Crippen LogP contribution in [0.15, 0.2) is 52.2 Å². The van der Waals surface area contributed by atoms with Gasteiger partial charge >= 0.3 is 0 Å². The average molecular weight is 355 g/mol. The molecular formula is C16H13N5O3S. The van der Waals surface area contributed by atoms with Crippen LogP contribution in [0.2, 0.25) is 0 Å². The molecule has 2 amide bonds. The number of nitrogen functional groups attached to an aromatic ring is 1. The highest BCUT2D eigenvalue weighted by Crippen LogP contribution is 2.25. The van der Waals surface area contributed by atoms with E-state index >= 15 is 0 Å². The fraction of sp³-hybridized carbons (Fsp3) is 0.125. The normalized spacial score (nSPS) is 13.5. The molecule has 0 bridgehead atoms. The van der Waals surface area contributed by atoms with Gasteiger partial charge in [-0.3, -0.25) is 14.5 Å². The summed E-state index contributed by atoms with van der Waals surface area (Å²) in [7, 11) is 0. The number of thioether (sulfide) groups is 1. The minimum absolute atomic E-state index is 0.264. The Morgan fingerprint density at radius 1 is 1.04 bits per heavy atom. The van der Waals surface area contributed by atoms with E-state index in [2.05, 4.69) is 10.2 Å². The maximum atomic E-state index is 12.3. The number of furan rings is 1. The number of aromatic nitrogens is 3. The van der Waals surface area contributed by atoms with E-state index in [9.17, 15) is 9.59 Å². The first kappa shape index (κ1) is 15.5. The molecule has 3 heterocycles. The molecule has 0 saturated carbocycles. The minimum atomic E-state index is -0.272. The second-order valence-electron chi connectivity index (χ2n) is 5.31. The zero-order chi connectivity index (χ0) is 17.4. The Hall–Kier alpha value is -3.07. The van der Waals surface area contributed by atoms with E-state index in [1.54, 1.807) is 36.4 Å². The van der Waals surface area contributed by atoms with E-state index in [4.69, 9.17) is 10.3 Å². The van der Waals surface area contributed by atoms with E-state index in [0.717, 1.165) is 0 Å². The van der Waals surface area contributed by atoms with Crippen LogP contribution in [0.3, 0.4) is 0 Å². The van der Waals surface area contributed by atoms with Gasteiger partial charge in [0.1, 0.15) is 0 Å². The molecule has 1 aliphatic rings. The standard InChI is InChI=1S/C16H13N5O3S/c17-21-13(12-6-3-8-24-12)18-19-16(21)25-9-7-20-14(22)10-4-1-2-5-11(10)15(20)23/h1-6,8H,7,9,17H2. The Labute approximate surface area is 146 Å². The lowest BCUT2D eigenvalue weighted by atomic mass is 10.1. The Balaban J connectivity index is 1.43. The van der Waals surface area contributed by atoms with Crippen LogP contribution < -0.4 is 5.84 Å². The molecule has 0 saturated heterocycles. The summed E-state index contributed by atoms with van der Waals surface area (Å²) in [5.74, 6) is 6.82. The van der Waals surface area contributed by atoms with Crippen LogP contribution in [0.1, 0.15) is 20.7 Å². The van der Waals surface area contributed by atoms with Crippen LogP contribution >= 0.6 is 11.8 Å². The predicted octanol–water partition coefficient (Wildman–Crippen LogP) is 1.64. The van der Waals surface area contributed by atoms with E-state index in [0.29, 0.717) is 33.6 Å². The number of nitrogens with zero attached hydrogens (tertiary/aromatic N) is 4. The Morgan fingerprint density at radius 2 is 1.76 bits per heavy atom. The number of amides is 2. The summed E-state index contributed by atoms with van der Waals surface area (Å²) < 4.78 is 6.58. The van der Waals surface area contributed by atoms with Crippen LogP contribution in [-0.4, -0.2) is 43.9 Å². The minimum Gasteiger partial charge on any atom is -0.461 e. The summed E-state index contributed by atoms with van der Waals surface area (Å²) in [6.07, 6.45) is 1.53. The van der Waals surface area contributed by atoms with E-state index < -0.39 is 0 Å². The Morgan fingerprint density at radius 3 is 2.40 bits per heavy atom. The molecule has 0 aliphatic carbocycles. The van der Waals surface area contributed by atoms with Crippen molar-refractivity contribution in [3.63, 3.8) is 0 Å². The van der Waals surface area contributed by atoms with Gasteiger partial charge in [0, 0.05) is 12.3 Å². The fourth-order valence-electron chi connectivity index (χ4n) is 2.62. The highest BCUT2D eigenvalue weighted by atomic mass is 32.2. The molecule has 25 heavy (non-hydrogen) atoms. The monoisotopic (exact) mass is 355 g/mol. The molecule has 8 nitrogen and oxygen atoms in total. The molecule has 0 spiro atoms. The van der Waals surface area contributed by atoms with Crippen LogP contribution in [-0.2, 0) is 0 Å². The van der Waals surface area contributed by atoms with Gasteiger partial charge in [-0.2, -0.15) is 0 Å². The number of nitrogens with two attached hydrogens (primary N) is 1. The average Bonchev–Trinajstić information content (AvgIpc) is 3.32. The summed E-state index contributed by atoms with van der Waals surface area (Å²) in [4.78, 5) is 25.8. The third-order valence-corrected chi connectivity index (χ3v) is 4.75. The third kappa shape index (κ3) is 2.58. The number of hydrogen-bond acceptors (Lipinski definition) is 7. The van der Waals surface area contributed by atoms with Crippen LogP contribution in [0, 0.1) is 0 Å². The molecule has 0 atom stereocenters. The van der Waals surface area contributed by atoms with Crippen molar-refractivity contribution in [1.29, 1.82) is 0 Å². The van der Waals surface area contributed by atoms with Gasteiger partial charge in [0.15, 0.2) is 5.76 Å². The molecular weight excluding hydrogens is 342 g/mol. The van der Waals surface area contributed by atoms with Crippen LogP contribution in [0.5, 0.6) is 0 Å². The molecule has 9 heteroatoms. The number of fused-ring (bicyclic) bond motifs is 1. The van der Waals surface area contributed by atoms with Gasteiger partial charge in [-0.15, -0.1) is 10.2 Å². The summed E-state index contributed by atoms with van der Waals surface area (Å²) >= 11 is 1.31. The molecule has 1 aliphatic heterocycles. The van der Waals surface area contributed by atoms with E-state index in [-0.39, 0.29) is 18.4 Å². The Bertz CT molecular complexity index is 916. The smallest absolute Gasteiger partial charge is 0.261 e. The first-order valence-electron chi connectivity index (χ1n) is 7.49. The lowest BCUT2D eigenvalue weighted by Crippen LogP contribution is -2.32. The second-order valence-corrected chi connectivity index (χ2v) is 6.37. The lowest BCUT2D eigenvalue weighted by Gasteiger charge is -2.12. The molecule has 0 radical (unpaired) electrons. The predicted molar refractivity (Wildman–Crippen MR) is 90.4 cm³/mol. The van der Waals surface area contributed by atoms with Crippen LogP contribution in [0.4, 0.5) is 0 Å². The van der Waals surface area contributed by atoms with Gasteiger partial charge in [0.25, 0.3) is 11.8 Å². The van der Waals surface area contributed by atoms with Crippen LogP contribution in [0.25, 0.3) is 11.6 Å². The number of imide groups is 1. The van der Waals surface area contributed by atoms with Crippen molar-refractivity contribution >= 4 is 23.6 Å². The van der Waals surface area contributed by atoms with Crippen molar-refractivity contribution < 1.29 is 14.0 Å². The number of carbonyl (C=O) groups is 2. The van der Waals surface area contributed by atoms with Gasteiger partial charge in [0.05, 0.1) is 17.4 Å². The van der Waals surface area contributed by atoms with E-state index in [1.165, 1.54) is 27.6 Å². The van der Waals surface area contributed by atoms with Crippen molar-refractivity contribution in [3.8, 4) is 11.6 Å². The Kier molecular flexibility index (Phi) is 3.77. The summed E-state index contributed by atoms with van der Waals surface area (Å²) in [5, 5.41) is 8.49. The first-order chi connectivity index (χ1) is 12.2. The molecule has 2 N–H and O–H groups in total. The van der Waals surface area contributed by atoms with Gasteiger partial charge in [-0.05, 0) is 24.3 Å². The number of hydrogen-bond donors (Lipinski definition) is 1. The summed E-state index contributed by atoms with van der Waals surface area (Å²) in [5.41, 5.74) is 0.888. The number of benzene rings is 1. The molecule has 0 fully saturated rings. The van der Waals surface area contributed by atoms with Crippen molar-refractivity contribution in [1.82, 2.24) is 19.8 Å². The van der Waals surface area contributed by atoms with Crippen molar-refractivity contribution in [2.75, 3.05) is 18.1 Å². The van der Waals surface area contributed by atoms with Crippen molar-refractivity contribution in [2.45, 2.75) is 5.16 Å². The molecule has 2 aromatic heterocycles. The maximum Gasteiger partial charge on any atom is 0.261 e. The van der Waals surface area contributed by atoms with Crippen molar-refractivity contribution in [2.24, 2.45) is 0 Å². The quantitative estimate of drug-likeness (QED) is 0.421. The molecule has 1 aromatic carbocycles. The first-order valence-corrected chi connectivity index (χ1v) is 8.48. The highest BCUT2D eigenvalue weighted by Gasteiger charge is 2.34. The van der Waals surface area contributed by atoms with Gasteiger partial charge in [-0.1, -0.05) is 23.9 Å². The number of carbonyl (C=O) groups excluding carboxylic acids is 2. The highest BCUT2D eigenvalue weighted by molar-refractivity contribution is 7.99. The zero-order valence-corrected chi connectivity index (χ0v) is 13.8. The van der Waals surface area contributed by atoms with Gasteiger partial charge in [-0.25, -0.2) is 4.68 Å². The van der Waals surface area contributed by atoms with E-state index in [1.807, 2.05) is 0 Å². The number of rotatable bonds is 5. The molecule has 4 rings (SSSR count). The SMILES string of the molecule is Nn1c(SCCN2C(=O)c3ccccc3C2=O)nnc1-c1ccco1. The van der Waals surface area contributed by atoms with Gasteiger partial charge < -0.3 is 10.3 Å². The zero-order valence-electron chi connectivity index (χ0n) is 13.0. The molecule has 3 aromatic rings. The lowest BCUT2D eigenvalue weighted by molar-refractivity contribution is 0.0664. The molecule has 126 valence electrons. The van der Waals surface area contributed by atoms with Crippen molar-refractivity contribution in [3.05, 3.63) is 53.8 Å². The molecule has 0 unspecified atom stereocenters. The maximum absolute atomic E-state index is 12.3.